The van der Waals surface area contributed by atoms with Crippen LogP contribution in [0.1, 0.15) is 38.5 Å². The first-order valence-electron chi connectivity index (χ1n) is 6.60. The third-order valence-electron chi connectivity index (χ3n) is 3.43. The zero-order valence-corrected chi connectivity index (χ0v) is 11.6. The van der Waals surface area contributed by atoms with E-state index >= 15 is 0 Å². The van der Waals surface area contributed by atoms with Crippen LogP contribution in [0.4, 0.5) is 0 Å². The van der Waals surface area contributed by atoms with Gasteiger partial charge in [0.05, 0.1) is 24.7 Å². The van der Waals surface area contributed by atoms with Gasteiger partial charge >= 0.3 is 0 Å². The summed E-state index contributed by atoms with van der Waals surface area (Å²) < 4.78 is 0. The maximum atomic E-state index is 12.1. The Balaban J connectivity index is 2.50. The molecule has 3 unspecified atom stereocenters. The summed E-state index contributed by atoms with van der Waals surface area (Å²) in [6.45, 7) is 0.234. The number of hydrogen-bond donors (Lipinski definition) is 4. The lowest BCUT2D eigenvalue weighted by molar-refractivity contribution is -0.130. The van der Waals surface area contributed by atoms with Crippen LogP contribution < -0.4 is 11.2 Å². The van der Waals surface area contributed by atoms with Gasteiger partial charge in [0.2, 0.25) is 5.91 Å². The monoisotopic (exact) mass is 276 g/mol. The molecule has 0 heterocycles. The minimum Gasteiger partial charge on any atom is -0.392 e. The van der Waals surface area contributed by atoms with E-state index in [-0.39, 0.29) is 24.5 Å². The predicted octanol–water partition coefficient (Wildman–Crippen LogP) is 0.623. The summed E-state index contributed by atoms with van der Waals surface area (Å²) in [5.41, 5.74) is 0. The summed E-state index contributed by atoms with van der Waals surface area (Å²) in [6, 6.07) is -0.205. The molecule has 0 aromatic heterocycles. The second-order valence-corrected chi connectivity index (χ2v) is 5.25. The number of carbonyl (C=O) groups is 1. The molecule has 18 heavy (non-hydrogen) atoms. The van der Waals surface area contributed by atoms with E-state index in [0.717, 1.165) is 32.1 Å². The normalized spacial score (nSPS) is 27.1. The molecule has 4 N–H and O–H groups in total. The van der Waals surface area contributed by atoms with E-state index in [1.165, 1.54) is 0 Å². The number of rotatable bonds is 5. The van der Waals surface area contributed by atoms with Crippen LogP contribution in [0.5, 0.6) is 0 Å². The third-order valence-corrected chi connectivity index (χ3v) is 3.87. The molecule has 3 atom stereocenters. The van der Waals surface area contributed by atoms with Crippen molar-refractivity contribution in [2.24, 2.45) is 11.8 Å². The molecule has 1 rings (SSSR count). The van der Waals surface area contributed by atoms with Crippen molar-refractivity contribution in [1.29, 1.82) is 0 Å². The molecule has 0 aromatic rings. The van der Waals surface area contributed by atoms with Gasteiger partial charge < -0.3 is 15.3 Å². The molecule has 5 nitrogen and oxygen atoms in total. The summed E-state index contributed by atoms with van der Waals surface area (Å²) in [6.07, 6.45) is 5.18. The van der Waals surface area contributed by atoms with Gasteiger partial charge in [-0.25, -0.2) is 5.90 Å². The summed E-state index contributed by atoms with van der Waals surface area (Å²) in [7, 11) is 0. The van der Waals surface area contributed by atoms with Gasteiger partial charge in [-0.3, -0.25) is 4.79 Å². The first-order chi connectivity index (χ1) is 8.69. The first kappa shape index (κ1) is 15.8. The van der Waals surface area contributed by atoms with E-state index in [1.807, 2.05) is 0 Å². The molecule has 106 valence electrons. The van der Waals surface area contributed by atoms with Crippen molar-refractivity contribution in [2.45, 2.75) is 50.7 Å². The van der Waals surface area contributed by atoms with Crippen LogP contribution in [0.15, 0.2) is 0 Å². The Morgan fingerprint density at radius 2 is 2.06 bits per heavy atom. The first-order valence-corrected chi connectivity index (χ1v) is 7.23. The van der Waals surface area contributed by atoms with Gasteiger partial charge in [0.25, 0.3) is 0 Å². The molecule has 1 fully saturated rings. The fourth-order valence-corrected chi connectivity index (χ4v) is 2.53. The highest BCUT2D eigenvalue weighted by Crippen LogP contribution is 2.23. The number of hydrogen-bond acceptors (Lipinski definition) is 5. The molecule has 0 bridgehead atoms. The van der Waals surface area contributed by atoms with Crippen molar-refractivity contribution in [3.05, 3.63) is 0 Å². The van der Waals surface area contributed by atoms with E-state index in [1.54, 1.807) is 0 Å². The summed E-state index contributed by atoms with van der Waals surface area (Å²) in [4.78, 5) is 16.6. The van der Waals surface area contributed by atoms with Crippen LogP contribution in [0.3, 0.4) is 0 Å². The van der Waals surface area contributed by atoms with Gasteiger partial charge in [-0.2, -0.15) is 12.6 Å². The maximum absolute atomic E-state index is 12.1. The Bertz CT molecular complexity index is 253. The Morgan fingerprint density at radius 1 is 1.39 bits per heavy atom. The minimum atomic E-state index is -0.537. The lowest BCUT2D eigenvalue weighted by Crippen LogP contribution is -2.46. The van der Waals surface area contributed by atoms with Crippen molar-refractivity contribution in [3.8, 4) is 0 Å². The molecule has 1 amide bonds. The Kier molecular flexibility index (Phi) is 7.65. The molecular formula is C12H24N2O3S. The fraction of sp³-hybridized carbons (Fsp3) is 0.917. The number of aliphatic hydroxyl groups excluding tert-OH is 1. The quantitative estimate of drug-likeness (QED) is 0.438. The van der Waals surface area contributed by atoms with Gasteiger partial charge in [0.1, 0.15) is 0 Å². The number of nitrogens with one attached hydrogen (secondary N) is 1. The smallest absolute Gasteiger partial charge is 0.226 e. The molecule has 0 aliphatic heterocycles. The number of carbonyl (C=O) groups excluding carboxylic acids is 1. The number of nitrogens with two attached hydrogens (primary N) is 1. The van der Waals surface area contributed by atoms with E-state index in [0.29, 0.717) is 12.2 Å². The van der Waals surface area contributed by atoms with Crippen molar-refractivity contribution in [2.75, 3.05) is 12.4 Å². The highest BCUT2D eigenvalue weighted by Gasteiger charge is 2.28. The van der Waals surface area contributed by atoms with E-state index < -0.39 is 6.10 Å². The highest BCUT2D eigenvalue weighted by molar-refractivity contribution is 7.80. The van der Waals surface area contributed by atoms with Crippen molar-refractivity contribution >= 4 is 18.5 Å². The van der Waals surface area contributed by atoms with E-state index in [2.05, 4.69) is 22.8 Å². The maximum Gasteiger partial charge on any atom is 0.226 e. The molecule has 1 saturated carbocycles. The fourth-order valence-electron chi connectivity index (χ4n) is 2.34. The van der Waals surface area contributed by atoms with Crippen LogP contribution in [0.2, 0.25) is 0 Å². The van der Waals surface area contributed by atoms with Crippen molar-refractivity contribution in [3.63, 3.8) is 0 Å². The Labute approximate surface area is 114 Å². The second kappa shape index (κ2) is 8.74. The average Bonchev–Trinajstić information content (AvgIpc) is 2.33. The average molecular weight is 276 g/mol. The third kappa shape index (κ3) is 5.14. The summed E-state index contributed by atoms with van der Waals surface area (Å²) in [5, 5.41) is 12.9. The topological polar surface area (TPSA) is 84.6 Å². The van der Waals surface area contributed by atoms with Gasteiger partial charge in [0, 0.05) is 5.75 Å². The van der Waals surface area contributed by atoms with Crippen molar-refractivity contribution in [1.82, 2.24) is 5.32 Å². The molecule has 0 saturated heterocycles. The van der Waals surface area contributed by atoms with Crippen LogP contribution in [-0.2, 0) is 9.63 Å². The molecule has 6 heteroatoms. The summed E-state index contributed by atoms with van der Waals surface area (Å²) >= 11 is 4.14. The predicted molar refractivity (Wildman–Crippen MR) is 73.1 cm³/mol. The van der Waals surface area contributed by atoms with E-state index in [9.17, 15) is 9.90 Å². The highest BCUT2D eigenvalue weighted by atomic mass is 32.1. The largest absolute Gasteiger partial charge is 0.392 e. The molecule has 1 aliphatic carbocycles. The molecular weight excluding hydrogens is 252 g/mol. The number of aliphatic hydroxyl groups is 1. The van der Waals surface area contributed by atoms with Crippen molar-refractivity contribution < 1.29 is 14.7 Å². The lowest BCUT2D eigenvalue weighted by Gasteiger charge is -2.26. The summed E-state index contributed by atoms with van der Waals surface area (Å²) in [5.74, 6) is 5.04. The van der Waals surface area contributed by atoms with Gasteiger partial charge in [-0.05, 0) is 12.8 Å². The molecule has 0 spiro atoms. The van der Waals surface area contributed by atoms with Crippen LogP contribution in [0.25, 0.3) is 0 Å². The lowest BCUT2D eigenvalue weighted by atomic mass is 9.88. The molecule has 1 aliphatic rings. The molecule has 0 aromatic carbocycles. The van der Waals surface area contributed by atoms with Crippen LogP contribution >= 0.6 is 12.6 Å². The SMILES string of the molecule is NOCC(CS)NC(=O)C1CCCCCCC1O. The Morgan fingerprint density at radius 3 is 2.67 bits per heavy atom. The van der Waals surface area contributed by atoms with Gasteiger partial charge in [0.15, 0.2) is 0 Å². The molecule has 0 radical (unpaired) electrons. The zero-order chi connectivity index (χ0) is 13.4. The minimum absolute atomic E-state index is 0.111. The standard InChI is InChI=1S/C12H24N2O3S/c13-17-7-9(8-18)14-12(16)10-5-3-1-2-4-6-11(10)15/h9-11,15,18H,1-8,13H2,(H,14,16). The van der Waals surface area contributed by atoms with Gasteiger partial charge in [-0.15, -0.1) is 0 Å². The number of thiol groups is 1. The zero-order valence-electron chi connectivity index (χ0n) is 10.7. The van der Waals surface area contributed by atoms with Gasteiger partial charge in [-0.1, -0.05) is 25.7 Å². The number of amides is 1. The second-order valence-electron chi connectivity index (χ2n) is 4.89. The Hall–Kier alpha value is -0.300. The van der Waals surface area contributed by atoms with Crippen LogP contribution in [0, 0.1) is 5.92 Å². The van der Waals surface area contributed by atoms with E-state index in [4.69, 9.17) is 5.90 Å². The van der Waals surface area contributed by atoms with Crippen LogP contribution in [-0.4, -0.2) is 35.5 Å².